The molecule has 1 aromatic heterocycles. The third kappa shape index (κ3) is 4.76. The summed E-state index contributed by atoms with van der Waals surface area (Å²) in [4.78, 5) is 18.5. The molecule has 2 aromatic carbocycles. The zero-order valence-electron chi connectivity index (χ0n) is 15.9. The molecule has 0 saturated carbocycles. The molecule has 144 valence electrons. The molecule has 3 aromatic rings. The first-order valence-electron chi connectivity index (χ1n) is 8.79. The number of nitrogens with zero attached hydrogens (tertiary/aromatic N) is 3. The standard InChI is InChI=1S/C21H22N4O3/c1-4-13-25(21(26)22-17-9-5-15(2)6-10-17)14-19-23-20(24-28-19)16-7-11-18(27-3)12-8-16/h4-12H,1,13-14H2,2-3H3,(H,22,26). The zero-order chi connectivity index (χ0) is 19.9. The molecule has 0 aliphatic heterocycles. The van der Waals surface area contributed by atoms with E-state index in [9.17, 15) is 4.79 Å². The molecule has 0 fully saturated rings. The number of methoxy groups -OCH3 is 1. The quantitative estimate of drug-likeness (QED) is 0.621. The van der Waals surface area contributed by atoms with Gasteiger partial charge in [0.25, 0.3) is 0 Å². The van der Waals surface area contributed by atoms with Crippen molar-refractivity contribution < 1.29 is 14.1 Å². The lowest BCUT2D eigenvalue weighted by Gasteiger charge is -2.19. The van der Waals surface area contributed by atoms with E-state index >= 15 is 0 Å². The summed E-state index contributed by atoms with van der Waals surface area (Å²) in [6, 6.07) is 14.7. The Kier molecular flexibility index (Phi) is 6.06. The van der Waals surface area contributed by atoms with Gasteiger partial charge in [0.2, 0.25) is 11.7 Å². The number of benzene rings is 2. The molecule has 1 N–H and O–H groups in total. The van der Waals surface area contributed by atoms with E-state index in [1.54, 1.807) is 13.2 Å². The second kappa shape index (κ2) is 8.85. The molecule has 0 unspecified atom stereocenters. The fraction of sp³-hybridized carbons (Fsp3) is 0.190. The highest BCUT2D eigenvalue weighted by atomic mass is 16.5. The number of carbonyl (C=O) groups is 1. The minimum absolute atomic E-state index is 0.173. The molecule has 0 bridgehead atoms. The van der Waals surface area contributed by atoms with Crippen molar-refractivity contribution in [2.75, 3.05) is 19.0 Å². The molecule has 0 atom stereocenters. The third-order valence-electron chi connectivity index (χ3n) is 4.08. The maximum absolute atomic E-state index is 12.6. The summed E-state index contributed by atoms with van der Waals surface area (Å²) in [6.45, 7) is 6.22. The molecule has 7 nitrogen and oxygen atoms in total. The Morgan fingerprint density at radius 1 is 1.21 bits per heavy atom. The maximum atomic E-state index is 12.6. The Balaban J connectivity index is 1.69. The number of ether oxygens (including phenoxy) is 1. The summed E-state index contributed by atoms with van der Waals surface area (Å²) in [7, 11) is 1.61. The molecule has 0 spiro atoms. The third-order valence-corrected chi connectivity index (χ3v) is 4.08. The SMILES string of the molecule is C=CCN(Cc1nc(-c2ccc(OC)cc2)no1)C(=O)Nc1ccc(C)cc1. The number of aryl methyl sites for hydroxylation is 1. The van der Waals surface area contributed by atoms with E-state index in [0.29, 0.717) is 23.9 Å². The Hall–Kier alpha value is -3.61. The molecule has 7 heteroatoms. The van der Waals surface area contributed by atoms with Gasteiger partial charge in [-0.25, -0.2) is 4.79 Å². The van der Waals surface area contributed by atoms with Gasteiger partial charge in [-0.15, -0.1) is 6.58 Å². The average molecular weight is 378 g/mol. The molecule has 28 heavy (non-hydrogen) atoms. The van der Waals surface area contributed by atoms with Crippen molar-refractivity contribution in [2.24, 2.45) is 0 Å². The van der Waals surface area contributed by atoms with Crippen LogP contribution in [0.4, 0.5) is 10.5 Å². The number of urea groups is 1. The van der Waals surface area contributed by atoms with Crippen LogP contribution in [0.3, 0.4) is 0 Å². The number of nitrogens with one attached hydrogen (secondary N) is 1. The maximum Gasteiger partial charge on any atom is 0.322 e. The number of rotatable bonds is 7. The Labute approximate surface area is 163 Å². The van der Waals surface area contributed by atoms with Crippen LogP contribution in [0.2, 0.25) is 0 Å². The summed E-state index contributed by atoms with van der Waals surface area (Å²) in [6.07, 6.45) is 1.65. The summed E-state index contributed by atoms with van der Waals surface area (Å²) < 4.78 is 10.5. The van der Waals surface area contributed by atoms with Gasteiger partial charge in [0, 0.05) is 17.8 Å². The van der Waals surface area contributed by atoms with E-state index in [4.69, 9.17) is 9.26 Å². The van der Waals surface area contributed by atoms with Crippen molar-refractivity contribution >= 4 is 11.7 Å². The van der Waals surface area contributed by atoms with Crippen molar-refractivity contribution in [3.8, 4) is 17.1 Å². The van der Waals surface area contributed by atoms with Gasteiger partial charge >= 0.3 is 6.03 Å². The normalized spacial score (nSPS) is 10.4. The van der Waals surface area contributed by atoms with Crippen LogP contribution < -0.4 is 10.1 Å². The Bertz CT molecular complexity index is 933. The number of hydrogen-bond donors (Lipinski definition) is 1. The van der Waals surface area contributed by atoms with Gasteiger partial charge in [-0.2, -0.15) is 4.98 Å². The van der Waals surface area contributed by atoms with Crippen LogP contribution >= 0.6 is 0 Å². The molecule has 3 rings (SSSR count). The van der Waals surface area contributed by atoms with Crippen molar-refractivity contribution in [1.82, 2.24) is 15.0 Å². The van der Waals surface area contributed by atoms with Crippen LogP contribution in [0, 0.1) is 6.92 Å². The summed E-state index contributed by atoms with van der Waals surface area (Å²) in [5.41, 5.74) is 2.64. The molecule has 2 amide bonds. The molecule has 0 saturated heterocycles. The number of anilines is 1. The van der Waals surface area contributed by atoms with Gasteiger partial charge in [-0.05, 0) is 43.3 Å². The summed E-state index contributed by atoms with van der Waals surface area (Å²) in [5.74, 6) is 1.54. The molecular weight excluding hydrogens is 356 g/mol. The Morgan fingerprint density at radius 2 is 1.93 bits per heavy atom. The van der Waals surface area contributed by atoms with E-state index in [-0.39, 0.29) is 12.6 Å². The van der Waals surface area contributed by atoms with Gasteiger partial charge in [-0.1, -0.05) is 28.9 Å². The smallest absolute Gasteiger partial charge is 0.322 e. The first-order chi connectivity index (χ1) is 13.6. The minimum Gasteiger partial charge on any atom is -0.497 e. The second-order valence-corrected chi connectivity index (χ2v) is 6.21. The van der Waals surface area contributed by atoms with E-state index < -0.39 is 0 Å². The van der Waals surface area contributed by atoms with E-state index in [0.717, 1.165) is 16.9 Å². The first kappa shape index (κ1) is 19.2. The summed E-state index contributed by atoms with van der Waals surface area (Å²) >= 11 is 0. The highest BCUT2D eigenvalue weighted by molar-refractivity contribution is 5.89. The van der Waals surface area contributed by atoms with Gasteiger partial charge in [0.05, 0.1) is 7.11 Å². The van der Waals surface area contributed by atoms with Crippen molar-refractivity contribution in [3.05, 3.63) is 72.6 Å². The first-order valence-corrected chi connectivity index (χ1v) is 8.79. The second-order valence-electron chi connectivity index (χ2n) is 6.21. The topological polar surface area (TPSA) is 80.5 Å². The molecule has 0 radical (unpaired) electrons. The fourth-order valence-corrected chi connectivity index (χ4v) is 2.55. The number of aromatic nitrogens is 2. The van der Waals surface area contributed by atoms with Crippen LogP contribution in [-0.4, -0.2) is 34.7 Å². The van der Waals surface area contributed by atoms with Crippen LogP contribution in [0.5, 0.6) is 5.75 Å². The van der Waals surface area contributed by atoms with E-state index in [2.05, 4.69) is 22.0 Å². The Morgan fingerprint density at radius 3 is 2.57 bits per heavy atom. The fourth-order valence-electron chi connectivity index (χ4n) is 2.55. The van der Waals surface area contributed by atoms with Crippen LogP contribution in [0.25, 0.3) is 11.4 Å². The predicted octanol–water partition coefficient (Wildman–Crippen LogP) is 4.27. The lowest BCUT2D eigenvalue weighted by atomic mass is 10.2. The van der Waals surface area contributed by atoms with Gasteiger partial charge in [0.15, 0.2) is 0 Å². The summed E-state index contributed by atoms with van der Waals surface area (Å²) in [5, 5.41) is 6.86. The monoisotopic (exact) mass is 378 g/mol. The van der Waals surface area contributed by atoms with Gasteiger partial charge in [-0.3, -0.25) is 0 Å². The highest BCUT2D eigenvalue weighted by Crippen LogP contribution is 2.20. The van der Waals surface area contributed by atoms with E-state index in [1.165, 1.54) is 4.90 Å². The van der Waals surface area contributed by atoms with Crippen molar-refractivity contribution in [1.29, 1.82) is 0 Å². The van der Waals surface area contributed by atoms with Crippen molar-refractivity contribution in [2.45, 2.75) is 13.5 Å². The average Bonchev–Trinajstić information content (AvgIpc) is 3.18. The number of amides is 2. The number of hydrogen-bond acceptors (Lipinski definition) is 5. The zero-order valence-corrected chi connectivity index (χ0v) is 15.9. The van der Waals surface area contributed by atoms with E-state index in [1.807, 2.05) is 55.5 Å². The van der Waals surface area contributed by atoms with Crippen molar-refractivity contribution in [3.63, 3.8) is 0 Å². The van der Waals surface area contributed by atoms with Crippen LogP contribution in [0.1, 0.15) is 11.5 Å². The lowest BCUT2D eigenvalue weighted by molar-refractivity contribution is 0.206. The largest absolute Gasteiger partial charge is 0.497 e. The van der Waals surface area contributed by atoms with Gasteiger partial charge in [0.1, 0.15) is 12.3 Å². The number of carbonyl (C=O) groups excluding carboxylic acids is 1. The molecule has 0 aliphatic carbocycles. The van der Waals surface area contributed by atoms with Crippen LogP contribution in [-0.2, 0) is 6.54 Å². The highest BCUT2D eigenvalue weighted by Gasteiger charge is 2.17. The molecular formula is C21H22N4O3. The minimum atomic E-state index is -0.270. The van der Waals surface area contributed by atoms with Crippen LogP contribution in [0.15, 0.2) is 65.7 Å². The van der Waals surface area contributed by atoms with Gasteiger partial charge < -0.3 is 19.5 Å². The molecule has 0 aliphatic rings. The molecule has 1 heterocycles. The lowest BCUT2D eigenvalue weighted by Crippen LogP contribution is -2.34. The predicted molar refractivity (Wildman–Crippen MR) is 107 cm³/mol.